The molecule has 1 aromatic rings. The molecule has 1 atom stereocenters. The van der Waals surface area contributed by atoms with Crippen LogP contribution in [0.3, 0.4) is 0 Å². The van der Waals surface area contributed by atoms with Crippen LogP contribution in [0.15, 0.2) is 29.2 Å². The van der Waals surface area contributed by atoms with E-state index in [9.17, 15) is 8.42 Å². The molecule has 116 valence electrons. The second-order valence-corrected chi connectivity index (χ2v) is 7.66. The molecular formula is C16H23NO3S. The van der Waals surface area contributed by atoms with Crippen LogP contribution in [-0.2, 0) is 10.0 Å². The molecule has 0 saturated heterocycles. The zero-order valence-corrected chi connectivity index (χ0v) is 13.8. The first-order chi connectivity index (χ1) is 9.68. The Morgan fingerprint density at radius 2 is 1.90 bits per heavy atom. The molecular weight excluding hydrogens is 286 g/mol. The standard InChI is InChI=1S/C16H23NO3S/c1-13(16(2,3)4)17-21(19,20)15-11-6-5-9-14(15)10-7-8-12-18/h5-6,9,11,13,17-18H,8,12H2,1-4H3. The lowest BCUT2D eigenvalue weighted by atomic mass is 9.89. The molecule has 0 aromatic heterocycles. The van der Waals surface area contributed by atoms with Crippen LogP contribution in [0.25, 0.3) is 0 Å². The molecule has 0 aliphatic carbocycles. The SMILES string of the molecule is CC(NS(=O)(=O)c1ccccc1C#CCCO)C(C)(C)C. The fraction of sp³-hybridized carbons (Fsp3) is 0.500. The third-order valence-corrected chi connectivity index (χ3v) is 4.87. The Balaban J connectivity index is 3.13. The van der Waals surface area contributed by atoms with E-state index in [0.717, 1.165) is 0 Å². The summed E-state index contributed by atoms with van der Waals surface area (Å²) in [5.41, 5.74) is 0.268. The average molecular weight is 309 g/mol. The predicted octanol–water partition coefficient (Wildman–Crippen LogP) is 2.13. The molecule has 2 N–H and O–H groups in total. The maximum atomic E-state index is 12.5. The fourth-order valence-corrected chi connectivity index (χ4v) is 3.10. The second-order valence-electron chi connectivity index (χ2n) is 5.98. The first-order valence-electron chi connectivity index (χ1n) is 6.89. The van der Waals surface area contributed by atoms with Crippen LogP contribution in [0.4, 0.5) is 0 Å². The lowest BCUT2D eigenvalue weighted by Gasteiger charge is -2.28. The van der Waals surface area contributed by atoms with Crippen LogP contribution in [0.5, 0.6) is 0 Å². The summed E-state index contributed by atoms with van der Waals surface area (Å²) in [5, 5.41) is 8.75. The van der Waals surface area contributed by atoms with Crippen LogP contribution < -0.4 is 4.72 Å². The van der Waals surface area contributed by atoms with E-state index >= 15 is 0 Å². The van der Waals surface area contributed by atoms with Crippen molar-refractivity contribution < 1.29 is 13.5 Å². The molecule has 0 aliphatic heterocycles. The van der Waals surface area contributed by atoms with Gasteiger partial charge < -0.3 is 5.11 Å². The Bertz CT molecular complexity index is 633. The van der Waals surface area contributed by atoms with E-state index in [1.165, 1.54) is 0 Å². The minimum absolute atomic E-state index is 0.0405. The van der Waals surface area contributed by atoms with Crippen molar-refractivity contribution in [3.8, 4) is 11.8 Å². The number of nitrogens with one attached hydrogen (secondary N) is 1. The van der Waals surface area contributed by atoms with Gasteiger partial charge in [0.25, 0.3) is 0 Å². The van der Waals surface area contributed by atoms with E-state index < -0.39 is 10.0 Å². The highest BCUT2D eigenvalue weighted by molar-refractivity contribution is 7.89. The minimum atomic E-state index is -3.63. The highest BCUT2D eigenvalue weighted by Crippen LogP contribution is 2.22. The normalized spacial score (nSPS) is 13.4. The molecule has 0 aliphatic rings. The van der Waals surface area contributed by atoms with E-state index in [0.29, 0.717) is 12.0 Å². The second kappa shape index (κ2) is 7.08. The third kappa shape index (κ3) is 5.16. The summed E-state index contributed by atoms with van der Waals surface area (Å²) in [7, 11) is -3.63. The van der Waals surface area contributed by atoms with Crippen molar-refractivity contribution in [3.05, 3.63) is 29.8 Å². The van der Waals surface area contributed by atoms with Crippen molar-refractivity contribution in [2.75, 3.05) is 6.61 Å². The molecule has 21 heavy (non-hydrogen) atoms. The van der Waals surface area contributed by atoms with Gasteiger partial charge >= 0.3 is 0 Å². The molecule has 0 fully saturated rings. The first-order valence-corrected chi connectivity index (χ1v) is 8.38. The van der Waals surface area contributed by atoms with E-state index in [2.05, 4.69) is 16.6 Å². The molecule has 0 radical (unpaired) electrons. The molecule has 1 unspecified atom stereocenters. The Labute approximate surface area is 127 Å². The molecule has 4 nitrogen and oxygen atoms in total. The lowest BCUT2D eigenvalue weighted by Crippen LogP contribution is -2.41. The van der Waals surface area contributed by atoms with Gasteiger partial charge in [-0.15, -0.1) is 0 Å². The van der Waals surface area contributed by atoms with Crippen molar-refractivity contribution in [1.82, 2.24) is 4.72 Å². The maximum Gasteiger partial charge on any atom is 0.242 e. The number of sulfonamides is 1. The first kappa shape index (κ1) is 17.7. The lowest BCUT2D eigenvalue weighted by molar-refractivity contribution is 0.305. The van der Waals surface area contributed by atoms with Gasteiger partial charge in [-0.25, -0.2) is 13.1 Å². The van der Waals surface area contributed by atoms with Crippen molar-refractivity contribution in [1.29, 1.82) is 0 Å². The van der Waals surface area contributed by atoms with E-state index in [4.69, 9.17) is 5.11 Å². The van der Waals surface area contributed by atoms with Gasteiger partial charge in [-0.05, 0) is 24.5 Å². The summed E-state index contributed by atoms with van der Waals surface area (Å²) in [6.45, 7) is 7.74. The van der Waals surface area contributed by atoms with Gasteiger partial charge in [0, 0.05) is 18.0 Å². The molecule has 0 amide bonds. The molecule has 0 bridgehead atoms. The van der Waals surface area contributed by atoms with Crippen molar-refractivity contribution in [2.24, 2.45) is 5.41 Å². The quantitative estimate of drug-likeness (QED) is 0.837. The van der Waals surface area contributed by atoms with Crippen LogP contribution in [0, 0.1) is 17.3 Å². The molecule has 0 heterocycles. The number of hydrogen-bond acceptors (Lipinski definition) is 3. The van der Waals surface area contributed by atoms with E-state index in [1.54, 1.807) is 24.3 Å². The third-order valence-electron chi connectivity index (χ3n) is 3.27. The van der Waals surface area contributed by atoms with Crippen molar-refractivity contribution in [2.45, 2.75) is 45.1 Å². The van der Waals surface area contributed by atoms with E-state index in [1.807, 2.05) is 27.7 Å². The summed E-state index contributed by atoms with van der Waals surface area (Å²) in [4.78, 5) is 0.173. The molecule has 1 aromatic carbocycles. The number of rotatable bonds is 4. The fourth-order valence-electron chi connectivity index (χ4n) is 1.49. The number of hydrogen-bond donors (Lipinski definition) is 2. The average Bonchev–Trinajstić information content (AvgIpc) is 2.38. The summed E-state index contributed by atoms with van der Waals surface area (Å²) in [6.07, 6.45) is 0.320. The smallest absolute Gasteiger partial charge is 0.242 e. The molecule has 0 spiro atoms. The van der Waals surface area contributed by atoms with Gasteiger partial charge in [-0.3, -0.25) is 0 Å². The van der Waals surface area contributed by atoms with Gasteiger partial charge in [0.05, 0.1) is 11.5 Å². The van der Waals surface area contributed by atoms with Gasteiger partial charge in [0.2, 0.25) is 10.0 Å². The minimum Gasteiger partial charge on any atom is -0.395 e. The van der Waals surface area contributed by atoms with Crippen molar-refractivity contribution >= 4 is 10.0 Å². The highest BCUT2D eigenvalue weighted by atomic mass is 32.2. The van der Waals surface area contributed by atoms with Gasteiger partial charge in [-0.1, -0.05) is 44.7 Å². The number of benzene rings is 1. The monoisotopic (exact) mass is 309 g/mol. The van der Waals surface area contributed by atoms with E-state index in [-0.39, 0.29) is 23.0 Å². The van der Waals surface area contributed by atoms with Gasteiger partial charge in [0.15, 0.2) is 0 Å². The highest BCUT2D eigenvalue weighted by Gasteiger charge is 2.26. The predicted molar refractivity (Wildman–Crippen MR) is 84.3 cm³/mol. The van der Waals surface area contributed by atoms with Crippen molar-refractivity contribution in [3.63, 3.8) is 0 Å². The zero-order chi connectivity index (χ0) is 16.1. The molecule has 5 heteroatoms. The Kier molecular flexibility index (Phi) is 5.97. The zero-order valence-electron chi connectivity index (χ0n) is 13.0. The van der Waals surface area contributed by atoms with Crippen LogP contribution in [0.2, 0.25) is 0 Å². The molecule has 0 saturated carbocycles. The molecule has 1 rings (SSSR count). The van der Waals surface area contributed by atoms with Crippen LogP contribution in [0.1, 0.15) is 39.7 Å². The largest absolute Gasteiger partial charge is 0.395 e. The summed E-state index contributed by atoms with van der Waals surface area (Å²) < 4.78 is 27.7. The topological polar surface area (TPSA) is 66.4 Å². The van der Waals surface area contributed by atoms with Crippen LogP contribution >= 0.6 is 0 Å². The van der Waals surface area contributed by atoms with Crippen LogP contribution in [-0.4, -0.2) is 26.2 Å². The van der Waals surface area contributed by atoms with Gasteiger partial charge in [0.1, 0.15) is 0 Å². The Morgan fingerprint density at radius 3 is 2.48 bits per heavy atom. The number of aliphatic hydroxyl groups excluding tert-OH is 1. The summed E-state index contributed by atoms with van der Waals surface area (Å²) in [6, 6.07) is 6.42. The Hall–Kier alpha value is -1.35. The Morgan fingerprint density at radius 1 is 1.29 bits per heavy atom. The maximum absolute atomic E-state index is 12.5. The van der Waals surface area contributed by atoms with Gasteiger partial charge in [-0.2, -0.15) is 0 Å². The summed E-state index contributed by atoms with van der Waals surface area (Å²) in [5.74, 6) is 5.56. The number of aliphatic hydroxyl groups is 1. The summed E-state index contributed by atoms with van der Waals surface area (Å²) >= 11 is 0.